The lowest BCUT2D eigenvalue weighted by Crippen LogP contribution is -2.23. The minimum Gasteiger partial charge on any atom is -0.457 e. The molecule has 6 nitrogen and oxygen atoms in total. The quantitative estimate of drug-likeness (QED) is 0.277. The van der Waals surface area contributed by atoms with Gasteiger partial charge in [0.05, 0.1) is 0 Å². The van der Waals surface area contributed by atoms with Crippen molar-refractivity contribution < 1.29 is 9.53 Å². The lowest BCUT2D eigenvalue weighted by Gasteiger charge is -2.10. The van der Waals surface area contributed by atoms with Gasteiger partial charge in [-0.05, 0) is 52.9 Å². The molecule has 0 saturated heterocycles. The summed E-state index contributed by atoms with van der Waals surface area (Å²) in [5.74, 6) is 1.67. The van der Waals surface area contributed by atoms with Crippen molar-refractivity contribution >= 4 is 38.7 Å². The molecule has 3 N–H and O–H groups in total. The summed E-state index contributed by atoms with van der Waals surface area (Å²) in [6.07, 6.45) is 5.00. The first-order valence-corrected chi connectivity index (χ1v) is 11.8. The monoisotopic (exact) mass is 478 g/mol. The second kappa shape index (κ2) is 9.79. The first-order valence-electron chi connectivity index (χ1n) is 11.0. The maximum absolute atomic E-state index is 12.8. The van der Waals surface area contributed by atoms with Crippen molar-refractivity contribution in [2.75, 3.05) is 5.73 Å². The number of fused-ring (bicyclic) bond motifs is 1. The third-order valence-electron chi connectivity index (χ3n) is 5.57. The number of rotatable bonds is 7. The highest BCUT2D eigenvalue weighted by atomic mass is 32.1. The second-order valence-electron chi connectivity index (χ2n) is 7.87. The fourth-order valence-corrected chi connectivity index (χ4v) is 4.86. The Kier molecular flexibility index (Phi) is 6.24. The topological polar surface area (TPSA) is 90.1 Å². The largest absolute Gasteiger partial charge is 0.457 e. The number of thiophene rings is 1. The number of ether oxygens (including phenoxy) is 1. The van der Waals surface area contributed by atoms with E-state index in [4.69, 9.17) is 10.5 Å². The van der Waals surface area contributed by atoms with Crippen molar-refractivity contribution in [1.29, 1.82) is 0 Å². The predicted octanol–water partition coefficient (Wildman–Crippen LogP) is 6.06. The summed E-state index contributed by atoms with van der Waals surface area (Å²) in [5.41, 5.74) is 10.2. The lowest BCUT2D eigenvalue weighted by atomic mass is 10.0. The molecule has 5 aromatic rings. The fourth-order valence-electron chi connectivity index (χ4n) is 3.73. The van der Waals surface area contributed by atoms with Crippen LogP contribution in [-0.2, 0) is 11.3 Å². The van der Waals surface area contributed by atoms with E-state index >= 15 is 0 Å². The van der Waals surface area contributed by atoms with Crippen molar-refractivity contribution in [1.82, 2.24) is 15.3 Å². The summed E-state index contributed by atoms with van der Waals surface area (Å²) in [6, 6.07) is 21.2. The molecular formula is C28H22N4O2S. The van der Waals surface area contributed by atoms with E-state index in [9.17, 15) is 4.79 Å². The molecule has 0 atom stereocenters. The Bertz CT molecular complexity index is 1500. The number of carbonyl (C=O) groups is 1. The highest BCUT2D eigenvalue weighted by Crippen LogP contribution is 2.40. The standard InChI is InChI=1S/C28H22N4O2S/c1-18(28(33)32-15-19-11-13-30-14-12-19)23-16-31-27(29)25-24(17-35-26(23)25)20-7-9-22(10-8-20)34-21-5-3-2-4-6-21/h2-14,16-17H,1,15H2,(H2,29,31)(H,32,33). The summed E-state index contributed by atoms with van der Waals surface area (Å²) in [6.45, 7) is 4.42. The fraction of sp³-hybridized carbons (Fsp3) is 0.0357. The lowest BCUT2D eigenvalue weighted by molar-refractivity contribution is -0.115. The maximum Gasteiger partial charge on any atom is 0.251 e. The SMILES string of the molecule is C=C(C(=O)NCc1ccncc1)c1cnc(N)c2c(-c3ccc(Oc4ccccc4)cc3)csc12. The molecule has 0 unspecified atom stereocenters. The minimum atomic E-state index is -0.257. The third kappa shape index (κ3) is 4.76. The molecule has 5 rings (SSSR count). The number of benzene rings is 2. The van der Waals surface area contributed by atoms with Gasteiger partial charge in [0.1, 0.15) is 17.3 Å². The highest BCUT2D eigenvalue weighted by Gasteiger charge is 2.19. The molecule has 3 heterocycles. The summed E-state index contributed by atoms with van der Waals surface area (Å²) < 4.78 is 6.78. The van der Waals surface area contributed by atoms with Gasteiger partial charge in [0.25, 0.3) is 5.91 Å². The third-order valence-corrected chi connectivity index (χ3v) is 6.58. The number of para-hydroxylation sites is 1. The van der Waals surface area contributed by atoms with E-state index in [2.05, 4.69) is 21.9 Å². The van der Waals surface area contributed by atoms with Gasteiger partial charge in [-0.15, -0.1) is 11.3 Å². The molecular weight excluding hydrogens is 456 g/mol. The van der Waals surface area contributed by atoms with Gasteiger partial charge in [-0.2, -0.15) is 0 Å². The van der Waals surface area contributed by atoms with Crippen molar-refractivity contribution in [3.05, 3.63) is 108 Å². The molecule has 3 aromatic heterocycles. The smallest absolute Gasteiger partial charge is 0.251 e. The number of nitrogens with zero attached hydrogens (tertiary/aromatic N) is 2. The number of amides is 1. The Balaban J connectivity index is 1.39. The number of hydrogen-bond donors (Lipinski definition) is 2. The van der Waals surface area contributed by atoms with Gasteiger partial charge in [-0.1, -0.05) is 36.9 Å². The normalized spacial score (nSPS) is 10.7. The van der Waals surface area contributed by atoms with Crippen LogP contribution < -0.4 is 15.8 Å². The van der Waals surface area contributed by atoms with Crippen molar-refractivity contribution in [2.24, 2.45) is 0 Å². The molecule has 0 aliphatic rings. The van der Waals surface area contributed by atoms with Crippen LogP contribution in [-0.4, -0.2) is 15.9 Å². The number of nitrogens with two attached hydrogens (primary N) is 1. The van der Waals surface area contributed by atoms with E-state index in [1.165, 1.54) is 11.3 Å². The zero-order valence-electron chi connectivity index (χ0n) is 18.8. The first kappa shape index (κ1) is 22.3. The van der Waals surface area contributed by atoms with E-state index in [0.717, 1.165) is 38.3 Å². The number of nitrogens with one attached hydrogen (secondary N) is 1. The molecule has 7 heteroatoms. The van der Waals surface area contributed by atoms with E-state index < -0.39 is 0 Å². The summed E-state index contributed by atoms with van der Waals surface area (Å²) >= 11 is 1.52. The van der Waals surface area contributed by atoms with Gasteiger partial charge < -0.3 is 15.8 Å². The van der Waals surface area contributed by atoms with E-state index in [0.29, 0.717) is 23.5 Å². The number of nitrogen functional groups attached to an aromatic ring is 1. The molecule has 2 aromatic carbocycles. The van der Waals surface area contributed by atoms with Gasteiger partial charge in [0.15, 0.2) is 0 Å². The van der Waals surface area contributed by atoms with Crippen LogP contribution in [0.5, 0.6) is 11.5 Å². The average molecular weight is 479 g/mol. The number of carbonyl (C=O) groups excluding carboxylic acids is 1. The molecule has 0 aliphatic carbocycles. The van der Waals surface area contributed by atoms with E-state index in [1.54, 1.807) is 18.6 Å². The number of anilines is 1. The molecule has 0 saturated carbocycles. The van der Waals surface area contributed by atoms with Crippen molar-refractivity contribution in [3.8, 4) is 22.6 Å². The van der Waals surface area contributed by atoms with Gasteiger partial charge >= 0.3 is 0 Å². The molecule has 1 amide bonds. The minimum absolute atomic E-state index is 0.257. The number of pyridine rings is 2. The Labute approximate surface area is 206 Å². The van der Waals surface area contributed by atoms with E-state index in [1.807, 2.05) is 72.1 Å². The first-order chi connectivity index (χ1) is 17.1. The zero-order chi connectivity index (χ0) is 24.2. The summed E-state index contributed by atoms with van der Waals surface area (Å²) in [7, 11) is 0. The summed E-state index contributed by atoms with van der Waals surface area (Å²) in [5, 5.41) is 5.75. The van der Waals surface area contributed by atoms with Gasteiger partial charge in [-0.3, -0.25) is 9.78 Å². The van der Waals surface area contributed by atoms with Crippen LogP contribution in [0.3, 0.4) is 0 Å². The van der Waals surface area contributed by atoms with Gasteiger partial charge in [0.2, 0.25) is 0 Å². The van der Waals surface area contributed by atoms with Crippen LogP contribution in [0.2, 0.25) is 0 Å². The number of hydrogen-bond acceptors (Lipinski definition) is 6. The van der Waals surface area contributed by atoms with Gasteiger partial charge in [0, 0.05) is 51.9 Å². The Morgan fingerprint density at radius 3 is 2.46 bits per heavy atom. The second-order valence-corrected chi connectivity index (χ2v) is 8.75. The number of aromatic nitrogens is 2. The van der Waals surface area contributed by atoms with Crippen LogP contribution in [0.4, 0.5) is 5.82 Å². The molecule has 0 aliphatic heterocycles. The Hall–Kier alpha value is -4.49. The van der Waals surface area contributed by atoms with Crippen molar-refractivity contribution in [3.63, 3.8) is 0 Å². The maximum atomic E-state index is 12.8. The Morgan fingerprint density at radius 1 is 1.00 bits per heavy atom. The molecule has 35 heavy (non-hydrogen) atoms. The van der Waals surface area contributed by atoms with Gasteiger partial charge in [-0.25, -0.2) is 4.98 Å². The van der Waals surface area contributed by atoms with Crippen LogP contribution in [0.15, 0.2) is 97.3 Å². The molecule has 0 fully saturated rings. The summed E-state index contributed by atoms with van der Waals surface area (Å²) in [4.78, 5) is 21.2. The molecule has 0 radical (unpaired) electrons. The molecule has 172 valence electrons. The zero-order valence-corrected chi connectivity index (χ0v) is 19.6. The molecule has 0 spiro atoms. The van der Waals surface area contributed by atoms with E-state index in [-0.39, 0.29) is 5.91 Å². The molecule has 0 bridgehead atoms. The van der Waals surface area contributed by atoms with Crippen LogP contribution >= 0.6 is 11.3 Å². The van der Waals surface area contributed by atoms with Crippen LogP contribution in [0.25, 0.3) is 26.8 Å². The average Bonchev–Trinajstić information content (AvgIpc) is 3.35. The highest BCUT2D eigenvalue weighted by molar-refractivity contribution is 7.18. The van der Waals surface area contributed by atoms with Crippen LogP contribution in [0.1, 0.15) is 11.1 Å². The van der Waals surface area contributed by atoms with Crippen LogP contribution in [0, 0.1) is 0 Å². The predicted molar refractivity (Wildman–Crippen MR) is 141 cm³/mol. The Morgan fingerprint density at radius 2 is 1.71 bits per heavy atom. The van der Waals surface area contributed by atoms with Crippen molar-refractivity contribution in [2.45, 2.75) is 6.54 Å².